The summed E-state index contributed by atoms with van der Waals surface area (Å²) in [6.07, 6.45) is 0. The normalized spacial score (nSPS) is 10.3. The first kappa shape index (κ1) is 10.1. The highest BCUT2D eigenvalue weighted by atomic mass is 19.1. The second-order valence-electron chi connectivity index (χ2n) is 2.51. The Morgan fingerprint density at radius 1 is 1.23 bits per heavy atom. The summed E-state index contributed by atoms with van der Waals surface area (Å²) < 4.78 is 18.1. The zero-order valence-electron chi connectivity index (χ0n) is 7.20. The molecule has 0 atom stereocenters. The van der Waals surface area contributed by atoms with Gasteiger partial charge in [-0.1, -0.05) is 18.2 Å². The molecule has 0 spiro atoms. The smallest absolute Gasteiger partial charge is 0.128 e. The molecule has 0 unspecified atom stereocenters. The lowest BCUT2D eigenvalue weighted by Crippen LogP contribution is -2.08. The highest BCUT2D eigenvalue weighted by molar-refractivity contribution is 5.16. The summed E-state index contributed by atoms with van der Waals surface area (Å²) in [5, 5.41) is 0. The topological polar surface area (TPSA) is 44.5 Å². The van der Waals surface area contributed by atoms with E-state index in [0.29, 0.717) is 18.8 Å². The molecule has 1 rings (SSSR count). The molecule has 0 radical (unpaired) electrons. The Kier molecular flexibility index (Phi) is 4.39. The first-order chi connectivity index (χ1) is 6.34. The van der Waals surface area contributed by atoms with Crippen LogP contribution in [0.15, 0.2) is 24.3 Å². The highest BCUT2D eigenvalue weighted by Crippen LogP contribution is 2.06. The van der Waals surface area contributed by atoms with Crippen LogP contribution >= 0.6 is 0 Å². The molecule has 0 amide bonds. The number of benzene rings is 1. The van der Waals surface area contributed by atoms with E-state index in [4.69, 9.17) is 10.6 Å². The zero-order chi connectivity index (χ0) is 9.52. The van der Waals surface area contributed by atoms with Gasteiger partial charge in [0.15, 0.2) is 0 Å². The van der Waals surface area contributed by atoms with Crippen molar-refractivity contribution >= 4 is 0 Å². The zero-order valence-corrected chi connectivity index (χ0v) is 7.20. The summed E-state index contributed by atoms with van der Waals surface area (Å²) in [6, 6.07) is 6.49. The van der Waals surface area contributed by atoms with Crippen molar-refractivity contribution in [2.45, 2.75) is 6.61 Å². The van der Waals surface area contributed by atoms with Crippen LogP contribution < -0.4 is 5.90 Å². The first-order valence-electron chi connectivity index (χ1n) is 3.97. The number of nitrogens with two attached hydrogens (primary N) is 1. The van der Waals surface area contributed by atoms with Gasteiger partial charge in [0.2, 0.25) is 0 Å². The molecule has 13 heavy (non-hydrogen) atoms. The molecule has 0 fully saturated rings. The lowest BCUT2D eigenvalue weighted by atomic mass is 10.2. The van der Waals surface area contributed by atoms with E-state index in [1.165, 1.54) is 6.07 Å². The van der Waals surface area contributed by atoms with Gasteiger partial charge in [-0.25, -0.2) is 10.3 Å². The molecule has 72 valence electrons. The lowest BCUT2D eigenvalue weighted by Gasteiger charge is -2.03. The summed E-state index contributed by atoms with van der Waals surface area (Å²) in [7, 11) is 0. The Bertz CT molecular complexity index is 255. The molecular weight excluding hydrogens is 173 g/mol. The van der Waals surface area contributed by atoms with Gasteiger partial charge in [0.05, 0.1) is 19.8 Å². The standard InChI is InChI=1S/C9H12FNO2/c10-9-4-2-1-3-8(9)7-12-5-6-13-11/h1-4H,5-7,11H2. The quantitative estimate of drug-likeness (QED) is 0.554. The van der Waals surface area contributed by atoms with Gasteiger partial charge >= 0.3 is 0 Å². The molecule has 0 aliphatic heterocycles. The van der Waals surface area contributed by atoms with Gasteiger partial charge < -0.3 is 9.57 Å². The third kappa shape index (κ3) is 3.50. The van der Waals surface area contributed by atoms with Crippen LogP contribution in [-0.2, 0) is 16.2 Å². The van der Waals surface area contributed by atoms with Crippen LogP contribution in [-0.4, -0.2) is 13.2 Å². The van der Waals surface area contributed by atoms with E-state index >= 15 is 0 Å². The fourth-order valence-corrected chi connectivity index (χ4v) is 0.905. The van der Waals surface area contributed by atoms with Gasteiger partial charge in [0.1, 0.15) is 5.82 Å². The Hall–Kier alpha value is -0.970. The molecular formula is C9H12FNO2. The molecule has 0 aliphatic rings. The van der Waals surface area contributed by atoms with Crippen LogP contribution in [0.25, 0.3) is 0 Å². The van der Waals surface area contributed by atoms with E-state index in [0.717, 1.165) is 0 Å². The Morgan fingerprint density at radius 2 is 2.00 bits per heavy atom. The average molecular weight is 185 g/mol. The lowest BCUT2D eigenvalue weighted by molar-refractivity contribution is 0.0396. The van der Waals surface area contributed by atoms with Crippen molar-refractivity contribution in [1.82, 2.24) is 0 Å². The van der Waals surface area contributed by atoms with Crippen LogP contribution in [0, 0.1) is 5.82 Å². The van der Waals surface area contributed by atoms with Crippen LogP contribution in [0.2, 0.25) is 0 Å². The third-order valence-corrected chi connectivity index (χ3v) is 1.56. The van der Waals surface area contributed by atoms with Gasteiger partial charge in [0, 0.05) is 5.56 Å². The molecule has 3 nitrogen and oxygen atoms in total. The molecule has 0 aromatic heterocycles. The predicted octanol–water partition coefficient (Wildman–Crippen LogP) is 1.23. The fraction of sp³-hybridized carbons (Fsp3) is 0.333. The van der Waals surface area contributed by atoms with E-state index in [-0.39, 0.29) is 12.4 Å². The second-order valence-corrected chi connectivity index (χ2v) is 2.51. The van der Waals surface area contributed by atoms with E-state index < -0.39 is 0 Å². The van der Waals surface area contributed by atoms with Gasteiger partial charge in [-0.15, -0.1) is 0 Å². The minimum atomic E-state index is -0.254. The molecule has 0 saturated carbocycles. The largest absolute Gasteiger partial charge is 0.374 e. The van der Waals surface area contributed by atoms with Gasteiger partial charge in [-0.2, -0.15) is 0 Å². The number of rotatable bonds is 5. The number of ether oxygens (including phenoxy) is 1. The summed E-state index contributed by atoms with van der Waals surface area (Å²) in [4.78, 5) is 4.29. The Morgan fingerprint density at radius 3 is 2.69 bits per heavy atom. The summed E-state index contributed by atoms with van der Waals surface area (Å²) in [5.74, 6) is 4.53. The van der Waals surface area contributed by atoms with Gasteiger partial charge in [-0.05, 0) is 6.07 Å². The van der Waals surface area contributed by atoms with Crippen LogP contribution in [0.1, 0.15) is 5.56 Å². The van der Waals surface area contributed by atoms with Crippen molar-refractivity contribution in [3.63, 3.8) is 0 Å². The van der Waals surface area contributed by atoms with E-state index in [1.807, 2.05) is 0 Å². The van der Waals surface area contributed by atoms with Crippen molar-refractivity contribution in [1.29, 1.82) is 0 Å². The number of hydrogen-bond acceptors (Lipinski definition) is 3. The van der Waals surface area contributed by atoms with Crippen molar-refractivity contribution in [3.8, 4) is 0 Å². The second kappa shape index (κ2) is 5.64. The average Bonchev–Trinajstić information content (AvgIpc) is 2.15. The minimum absolute atomic E-state index is 0.246. The highest BCUT2D eigenvalue weighted by Gasteiger charge is 1.99. The number of hydrogen-bond donors (Lipinski definition) is 1. The third-order valence-electron chi connectivity index (χ3n) is 1.56. The summed E-state index contributed by atoms with van der Waals surface area (Å²) in [6.45, 7) is 0.926. The van der Waals surface area contributed by atoms with Gasteiger partial charge in [-0.3, -0.25) is 0 Å². The predicted molar refractivity (Wildman–Crippen MR) is 46.2 cm³/mol. The summed E-state index contributed by atoms with van der Waals surface area (Å²) in [5.41, 5.74) is 0.541. The molecule has 1 aromatic carbocycles. The molecule has 0 saturated heterocycles. The van der Waals surface area contributed by atoms with E-state index in [9.17, 15) is 4.39 Å². The molecule has 1 aromatic rings. The first-order valence-corrected chi connectivity index (χ1v) is 3.97. The van der Waals surface area contributed by atoms with Crippen molar-refractivity contribution in [2.24, 2.45) is 5.90 Å². The molecule has 0 bridgehead atoms. The maximum Gasteiger partial charge on any atom is 0.128 e. The molecule has 2 N–H and O–H groups in total. The van der Waals surface area contributed by atoms with Crippen LogP contribution in [0.5, 0.6) is 0 Å². The van der Waals surface area contributed by atoms with Crippen LogP contribution in [0.4, 0.5) is 4.39 Å². The maximum absolute atomic E-state index is 13.0. The monoisotopic (exact) mass is 185 g/mol. The van der Waals surface area contributed by atoms with E-state index in [2.05, 4.69) is 4.84 Å². The van der Waals surface area contributed by atoms with E-state index in [1.54, 1.807) is 18.2 Å². The van der Waals surface area contributed by atoms with Crippen molar-refractivity contribution in [3.05, 3.63) is 35.6 Å². The SMILES string of the molecule is NOCCOCc1ccccc1F. The Balaban J connectivity index is 2.32. The van der Waals surface area contributed by atoms with Crippen molar-refractivity contribution < 1.29 is 14.0 Å². The number of halogens is 1. The maximum atomic E-state index is 13.0. The fourth-order valence-electron chi connectivity index (χ4n) is 0.905. The minimum Gasteiger partial charge on any atom is -0.374 e. The molecule has 0 aliphatic carbocycles. The van der Waals surface area contributed by atoms with Gasteiger partial charge in [0.25, 0.3) is 0 Å². The molecule has 4 heteroatoms. The van der Waals surface area contributed by atoms with Crippen LogP contribution in [0.3, 0.4) is 0 Å². The Labute approximate surface area is 76.2 Å². The van der Waals surface area contributed by atoms with Crippen molar-refractivity contribution in [2.75, 3.05) is 13.2 Å². The molecule has 0 heterocycles. The summed E-state index contributed by atoms with van der Waals surface area (Å²) >= 11 is 0.